The minimum absolute atomic E-state index is 0.0171. The molecule has 1 amide bonds. The van der Waals surface area contributed by atoms with Crippen LogP contribution in [0.15, 0.2) is 54.6 Å². The number of hydrogen-bond donors (Lipinski definition) is 2. The molecule has 0 saturated carbocycles. The van der Waals surface area contributed by atoms with Crippen molar-refractivity contribution in [1.29, 1.82) is 0 Å². The van der Waals surface area contributed by atoms with Gasteiger partial charge in [-0.3, -0.25) is 4.79 Å². The Morgan fingerprint density at radius 3 is 2.36 bits per heavy atom. The fourth-order valence-corrected chi connectivity index (χ4v) is 2.24. The second kappa shape index (κ2) is 7.71. The van der Waals surface area contributed by atoms with E-state index in [1.165, 1.54) is 12.1 Å². The predicted molar refractivity (Wildman–Crippen MR) is 84.7 cm³/mol. The number of hydrogen-bond acceptors (Lipinski definition) is 1. The van der Waals surface area contributed by atoms with Crippen LogP contribution < -0.4 is 10.2 Å². The van der Waals surface area contributed by atoms with Gasteiger partial charge < -0.3 is 10.2 Å². The van der Waals surface area contributed by atoms with Crippen LogP contribution in [-0.4, -0.2) is 19.0 Å². The summed E-state index contributed by atoms with van der Waals surface area (Å²) in [7, 11) is 1.97. The zero-order chi connectivity index (χ0) is 15.9. The molecule has 0 heterocycles. The van der Waals surface area contributed by atoms with Gasteiger partial charge in [-0.25, -0.2) is 4.39 Å². The van der Waals surface area contributed by atoms with E-state index in [4.69, 9.17) is 0 Å². The minimum Gasteiger partial charge on any atom is -0.347 e. The highest BCUT2D eigenvalue weighted by atomic mass is 19.1. The normalized spacial score (nSPS) is 13.4. The summed E-state index contributed by atoms with van der Waals surface area (Å²) in [5.74, 6) is -0.224. The molecular weight excluding hydrogens is 279 g/mol. The van der Waals surface area contributed by atoms with Gasteiger partial charge in [-0.1, -0.05) is 42.5 Å². The SMILES string of the molecule is C[C@@H](C(=O)NCc1ccccc1)[NH+](C)Cc1ccc(F)cc1. The largest absolute Gasteiger partial charge is 0.347 e. The predicted octanol–water partition coefficient (Wildman–Crippen LogP) is 1.55. The second-order valence-corrected chi connectivity index (χ2v) is 5.57. The zero-order valence-corrected chi connectivity index (χ0v) is 13.0. The maximum atomic E-state index is 12.9. The molecule has 0 aliphatic carbocycles. The maximum Gasteiger partial charge on any atom is 0.278 e. The van der Waals surface area contributed by atoms with Gasteiger partial charge in [0, 0.05) is 12.1 Å². The van der Waals surface area contributed by atoms with E-state index in [0.717, 1.165) is 16.0 Å². The van der Waals surface area contributed by atoms with Crippen LogP contribution in [0.25, 0.3) is 0 Å². The fraction of sp³-hybridized carbons (Fsp3) is 0.278. The first-order valence-electron chi connectivity index (χ1n) is 7.44. The minimum atomic E-state index is -0.241. The van der Waals surface area contributed by atoms with Crippen LogP contribution in [-0.2, 0) is 17.9 Å². The summed E-state index contributed by atoms with van der Waals surface area (Å²) >= 11 is 0. The molecule has 4 heteroatoms. The summed E-state index contributed by atoms with van der Waals surface area (Å²) in [5.41, 5.74) is 2.10. The molecule has 2 rings (SSSR count). The van der Waals surface area contributed by atoms with Crippen molar-refractivity contribution in [2.75, 3.05) is 7.05 Å². The fourth-order valence-electron chi connectivity index (χ4n) is 2.24. The Bertz CT molecular complexity index is 598. The molecule has 2 N–H and O–H groups in total. The van der Waals surface area contributed by atoms with Crippen molar-refractivity contribution in [3.05, 3.63) is 71.5 Å². The Kier molecular flexibility index (Phi) is 5.67. The molecule has 0 aliphatic rings. The smallest absolute Gasteiger partial charge is 0.278 e. The summed E-state index contributed by atoms with van der Waals surface area (Å²) in [6.45, 7) is 3.12. The third-order valence-corrected chi connectivity index (χ3v) is 3.84. The molecule has 2 aromatic rings. The van der Waals surface area contributed by atoms with Crippen molar-refractivity contribution in [2.24, 2.45) is 0 Å². The molecule has 2 atom stereocenters. The number of likely N-dealkylation sites (N-methyl/N-ethyl adjacent to an activating group) is 1. The Morgan fingerprint density at radius 2 is 1.73 bits per heavy atom. The first-order valence-corrected chi connectivity index (χ1v) is 7.44. The van der Waals surface area contributed by atoms with Crippen LogP contribution in [0.5, 0.6) is 0 Å². The Hall–Kier alpha value is -2.20. The van der Waals surface area contributed by atoms with Crippen molar-refractivity contribution >= 4 is 5.91 Å². The van der Waals surface area contributed by atoms with E-state index in [2.05, 4.69) is 5.32 Å². The van der Waals surface area contributed by atoms with Crippen LogP contribution in [0.2, 0.25) is 0 Å². The van der Waals surface area contributed by atoms with E-state index >= 15 is 0 Å². The van der Waals surface area contributed by atoms with Crippen molar-refractivity contribution in [3.63, 3.8) is 0 Å². The molecule has 0 aromatic heterocycles. The highest BCUT2D eigenvalue weighted by molar-refractivity contribution is 5.79. The molecule has 116 valence electrons. The third kappa shape index (κ3) is 4.67. The Balaban J connectivity index is 1.85. The molecule has 0 radical (unpaired) electrons. The lowest BCUT2D eigenvalue weighted by molar-refractivity contribution is -0.908. The van der Waals surface area contributed by atoms with Gasteiger partial charge in [0.25, 0.3) is 5.91 Å². The van der Waals surface area contributed by atoms with Gasteiger partial charge in [0.05, 0.1) is 7.05 Å². The highest BCUT2D eigenvalue weighted by Gasteiger charge is 2.21. The van der Waals surface area contributed by atoms with Crippen LogP contribution >= 0.6 is 0 Å². The van der Waals surface area contributed by atoms with Gasteiger partial charge in [-0.2, -0.15) is 0 Å². The second-order valence-electron chi connectivity index (χ2n) is 5.57. The van der Waals surface area contributed by atoms with Crippen LogP contribution in [0.1, 0.15) is 18.1 Å². The lowest BCUT2D eigenvalue weighted by atomic mass is 10.1. The maximum absolute atomic E-state index is 12.9. The van der Waals surface area contributed by atoms with E-state index in [-0.39, 0.29) is 17.8 Å². The molecule has 3 nitrogen and oxygen atoms in total. The van der Waals surface area contributed by atoms with Gasteiger partial charge in [-0.05, 0) is 24.6 Å². The van der Waals surface area contributed by atoms with Gasteiger partial charge in [0.1, 0.15) is 12.4 Å². The van der Waals surface area contributed by atoms with Gasteiger partial charge in [0.2, 0.25) is 0 Å². The summed E-state index contributed by atoms with van der Waals surface area (Å²) in [6.07, 6.45) is 0. The number of carbonyl (C=O) groups excluding carboxylic acids is 1. The lowest BCUT2D eigenvalue weighted by Gasteiger charge is -2.21. The Morgan fingerprint density at radius 1 is 1.09 bits per heavy atom. The number of carbonyl (C=O) groups is 1. The lowest BCUT2D eigenvalue weighted by Crippen LogP contribution is -3.12. The molecule has 2 aromatic carbocycles. The van der Waals surface area contributed by atoms with Crippen molar-refractivity contribution in [3.8, 4) is 0 Å². The number of amides is 1. The van der Waals surface area contributed by atoms with Crippen LogP contribution in [0.4, 0.5) is 4.39 Å². The third-order valence-electron chi connectivity index (χ3n) is 3.84. The topological polar surface area (TPSA) is 33.5 Å². The first-order chi connectivity index (χ1) is 10.6. The molecular formula is C18H22FN2O+. The number of nitrogens with one attached hydrogen (secondary N) is 2. The number of quaternary nitrogens is 1. The number of benzene rings is 2. The van der Waals surface area contributed by atoms with Gasteiger partial charge in [-0.15, -0.1) is 0 Å². The Labute approximate surface area is 130 Å². The summed E-state index contributed by atoms with van der Waals surface area (Å²) in [5, 5.41) is 2.95. The first kappa shape index (κ1) is 16.2. The molecule has 0 saturated heterocycles. The number of rotatable bonds is 6. The van der Waals surface area contributed by atoms with E-state index in [9.17, 15) is 9.18 Å². The van der Waals surface area contributed by atoms with E-state index in [1.54, 1.807) is 12.1 Å². The molecule has 22 heavy (non-hydrogen) atoms. The molecule has 0 spiro atoms. The van der Waals surface area contributed by atoms with Crippen molar-refractivity contribution in [2.45, 2.75) is 26.1 Å². The summed E-state index contributed by atoms with van der Waals surface area (Å²) in [6, 6.07) is 16.1. The average Bonchev–Trinajstić information content (AvgIpc) is 2.55. The van der Waals surface area contributed by atoms with E-state index < -0.39 is 0 Å². The highest BCUT2D eigenvalue weighted by Crippen LogP contribution is 2.01. The molecule has 1 unspecified atom stereocenters. The zero-order valence-electron chi connectivity index (χ0n) is 13.0. The van der Waals surface area contributed by atoms with Crippen LogP contribution in [0, 0.1) is 5.82 Å². The standard InChI is InChI=1S/C18H21FN2O/c1-14(18(22)20-12-15-6-4-3-5-7-15)21(2)13-16-8-10-17(19)11-9-16/h3-11,14H,12-13H2,1-2H3,(H,20,22)/p+1/t14-/m0/s1. The molecule has 0 aliphatic heterocycles. The van der Waals surface area contributed by atoms with Crippen molar-refractivity contribution < 1.29 is 14.1 Å². The van der Waals surface area contributed by atoms with Gasteiger partial charge >= 0.3 is 0 Å². The van der Waals surface area contributed by atoms with E-state index in [0.29, 0.717) is 13.1 Å². The van der Waals surface area contributed by atoms with Crippen LogP contribution in [0.3, 0.4) is 0 Å². The summed E-state index contributed by atoms with van der Waals surface area (Å²) < 4.78 is 12.9. The average molecular weight is 301 g/mol. The quantitative estimate of drug-likeness (QED) is 0.834. The van der Waals surface area contributed by atoms with Crippen molar-refractivity contribution in [1.82, 2.24) is 5.32 Å². The summed E-state index contributed by atoms with van der Waals surface area (Å²) in [4.78, 5) is 13.3. The molecule has 0 fully saturated rings. The number of halogens is 1. The monoisotopic (exact) mass is 301 g/mol. The van der Waals surface area contributed by atoms with E-state index in [1.807, 2.05) is 44.3 Å². The van der Waals surface area contributed by atoms with Gasteiger partial charge in [0.15, 0.2) is 6.04 Å². The molecule has 0 bridgehead atoms.